The van der Waals surface area contributed by atoms with Crippen LogP contribution in [0.4, 0.5) is 14.6 Å². The third-order valence-electron chi connectivity index (χ3n) is 2.74. The van der Waals surface area contributed by atoms with E-state index < -0.39 is 11.6 Å². The van der Waals surface area contributed by atoms with Gasteiger partial charge in [0.1, 0.15) is 17.4 Å². The number of nitrogens with one attached hydrogen (secondary N) is 1. The van der Waals surface area contributed by atoms with Gasteiger partial charge in [-0.2, -0.15) is 4.98 Å². The molecule has 1 N–H and O–H groups in total. The molecule has 1 aromatic carbocycles. The summed E-state index contributed by atoms with van der Waals surface area (Å²) in [5.74, 6) is -0.262. The van der Waals surface area contributed by atoms with Crippen LogP contribution in [-0.4, -0.2) is 17.0 Å². The second-order valence-corrected chi connectivity index (χ2v) is 5.59. The lowest BCUT2D eigenvalue weighted by molar-refractivity contribution is 0.436. The van der Waals surface area contributed by atoms with Crippen LogP contribution < -0.4 is 10.1 Å². The third-order valence-corrected chi connectivity index (χ3v) is 2.74. The molecule has 0 aliphatic carbocycles. The van der Waals surface area contributed by atoms with Gasteiger partial charge in [-0.15, -0.1) is 0 Å². The first kappa shape index (κ1) is 15.2. The van der Waals surface area contributed by atoms with E-state index in [1.807, 2.05) is 20.8 Å². The maximum absolute atomic E-state index is 13.2. The van der Waals surface area contributed by atoms with Crippen LogP contribution >= 0.6 is 0 Å². The number of aromatic nitrogens is 2. The van der Waals surface area contributed by atoms with Gasteiger partial charge in [-0.3, -0.25) is 0 Å². The van der Waals surface area contributed by atoms with Crippen molar-refractivity contribution in [3.8, 4) is 11.6 Å². The molecule has 0 saturated heterocycles. The minimum absolute atomic E-state index is 0.175. The lowest BCUT2D eigenvalue weighted by Crippen LogP contribution is -2.17. The van der Waals surface area contributed by atoms with E-state index in [0.29, 0.717) is 11.6 Å². The normalized spacial score (nSPS) is 11.3. The summed E-state index contributed by atoms with van der Waals surface area (Å²) in [6.45, 7) is 5.93. The molecule has 0 fully saturated rings. The van der Waals surface area contributed by atoms with Gasteiger partial charge in [-0.05, 0) is 12.1 Å². The van der Waals surface area contributed by atoms with Crippen molar-refractivity contribution in [2.75, 3.05) is 12.4 Å². The number of ether oxygens (including phenoxy) is 1. The summed E-state index contributed by atoms with van der Waals surface area (Å²) in [6, 6.07) is 4.93. The molecule has 0 bridgehead atoms. The number of rotatable bonds is 3. The number of hydrogen-bond acceptors (Lipinski definition) is 4. The van der Waals surface area contributed by atoms with E-state index in [1.165, 1.54) is 6.07 Å². The van der Waals surface area contributed by atoms with Crippen molar-refractivity contribution in [2.24, 2.45) is 0 Å². The zero-order chi connectivity index (χ0) is 15.6. The Morgan fingerprint density at radius 2 is 1.76 bits per heavy atom. The molecule has 2 aromatic rings. The van der Waals surface area contributed by atoms with E-state index in [4.69, 9.17) is 4.74 Å². The minimum atomic E-state index is -0.966. The summed E-state index contributed by atoms with van der Waals surface area (Å²) in [5.41, 5.74) is -0.265. The van der Waals surface area contributed by atoms with Gasteiger partial charge in [-0.25, -0.2) is 13.8 Å². The molecule has 112 valence electrons. The number of hydrogen-bond donors (Lipinski definition) is 1. The van der Waals surface area contributed by atoms with Crippen LogP contribution in [0.25, 0.3) is 0 Å². The average molecular weight is 293 g/mol. The lowest BCUT2D eigenvalue weighted by atomic mass is 9.96. The maximum atomic E-state index is 13.2. The molecular weight excluding hydrogens is 276 g/mol. The molecule has 6 heteroatoms. The number of anilines is 1. The zero-order valence-electron chi connectivity index (χ0n) is 12.4. The Bertz CT molecular complexity index is 654. The van der Waals surface area contributed by atoms with E-state index in [2.05, 4.69) is 15.3 Å². The van der Waals surface area contributed by atoms with E-state index in [-0.39, 0.29) is 17.0 Å². The van der Waals surface area contributed by atoms with Gasteiger partial charge in [-0.1, -0.05) is 20.8 Å². The van der Waals surface area contributed by atoms with Gasteiger partial charge < -0.3 is 10.1 Å². The maximum Gasteiger partial charge on any atom is 0.224 e. The Morgan fingerprint density at radius 1 is 1.05 bits per heavy atom. The Labute approximate surface area is 122 Å². The van der Waals surface area contributed by atoms with Gasteiger partial charge in [0.2, 0.25) is 5.88 Å². The van der Waals surface area contributed by atoms with Crippen LogP contribution in [0.5, 0.6) is 11.6 Å². The zero-order valence-corrected chi connectivity index (χ0v) is 12.4. The van der Waals surface area contributed by atoms with Crippen molar-refractivity contribution in [3.63, 3.8) is 0 Å². The van der Waals surface area contributed by atoms with E-state index in [1.54, 1.807) is 13.1 Å². The highest BCUT2D eigenvalue weighted by Crippen LogP contribution is 2.27. The highest BCUT2D eigenvalue weighted by atomic mass is 19.2. The standard InChI is InChI=1S/C15H17F2N3O/c1-15(2,3)14-19-12(18-4)8-13(20-14)21-9-5-6-10(16)11(17)7-9/h5-8H,1-4H3,(H,18,19,20). The van der Waals surface area contributed by atoms with E-state index >= 15 is 0 Å². The number of halogens is 2. The molecule has 0 unspecified atom stereocenters. The van der Waals surface area contributed by atoms with Crippen molar-refractivity contribution >= 4 is 5.82 Å². The molecule has 0 amide bonds. The van der Waals surface area contributed by atoms with E-state index in [0.717, 1.165) is 12.1 Å². The molecule has 1 aromatic heterocycles. The largest absolute Gasteiger partial charge is 0.439 e. The number of nitrogens with zero attached hydrogens (tertiary/aromatic N) is 2. The van der Waals surface area contributed by atoms with Gasteiger partial charge in [0.05, 0.1) is 0 Å². The van der Waals surface area contributed by atoms with Crippen molar-refractivity contribution in [2.45, 2.75) is 26.2 Å². The lowest BCUT2D eigenvalue weighted by Gasteiger charge is -2.18. The first-order chi connectivity index (χ1) is 9.79. The third kappa shape index (κ3) is 3.65. The second-order valence-electron chi connectivity index (χ2n) is 5.59. The van der Waals surface area contributed by atoms with Crippen LogP contribution in [0.1, 0.15) is 26.6 Å². The molecular formula is C15H17F2N3O. The Morgan fingerprint density at radius 3 is 2.33 bits per heavy atom. The fourth-order valence-corrected chi connectivity index (χ4v) is 1.60. The fourth-order valence-electron chi connectivity index (χ4n) is 1.60. The minimum Gasteiger partial charge on any atom is -0.439 e. The molecule has 0 aliphatic heterocycles. The predicted octanol–water partition coefficient (Wildman–Crippen LogP) is 3.89. The van der Waals surface area contributed by atoms with Crippen molar-refractivity contribution in [1.29, 1.82) is 0 Å². The summed E-state index contributed by atoms with van der Waals surface area (Å²) in [6.07, 6.45) is 0. The highest BCUT2D eigenvalue weighted by Gasteiger charge is 2.19. The van der Waals surface area contributed by atoms with Gasteiger partial charge in [0, 0.05) is 24.6 Å². The van der Waals surface area contributed by atoms with Gasteiger partial charge in [0.15, 0.2) is 11.6 Å². The molecule has 0 radical (unpaired) electrons. The first-order valence-corrected chi connectivity index (χ1v) is 6.50. The van der Waals surface area contributed by atoms with Crippen molar-refractivity contribution in [1.82, 2.24) is 9.97 Å². The highest BCUT2D eigenvalue weighted by molar-refractivity contribution is 5.40. The predicted molar refractivity (Wildman–Crippen MR) is 76.7 cm³/mol. The summed E-state index contributed by atoms with van der Waals surface area (Å²) in [4.78, 5) is 8.67. The molecule has 0 spiro atoms. The summed E-state index contributed by atoms with van der Waals surface area (Å²) in [7, 11) is 1.73. The molecule has 1 heterocycles. The molecule has 2 rings (SSSR count). The van der Waals surface area contributed by atoms with Crippen LogP contribution in [0.3, 0.4) is 0 Å². The Hall–Kier alpha value is -2.24. The molecule has 21 heavy (non-hydrogen) atoms. The molecule has 0 saturated carbocycles. The Balaban J connectivity index is 2.36. The average Bonchev–Trinajstić information content (AvgIpc) is 2.41. The van der Waals surface area contributed by atoms with Gasteiger partial charge in [0.25, 0.3) is 0 Å². The first-order valence-electron chi connectivity index (χ1n) is 6.50. The van der Waals surface area contributed by atoms with Gasteiger partial charge >= 0.3 is 0 Å². The summed E-state index contributed by atoms with van der Waals surface area (Å²) in [5, 5.41) is 2.92. The topological polar surface area (TPSA) is 47.0 Å². The SMILES string of the molecule is CNc1cc(Oc2ccc(F)c(F)c2)nc(C(C)(C)C)n1. The number of benzene rings is 1. The van der Waals surface area contributed by atoms with Crippen LogP contribution in [0, 0.1) is 11.6 Å². The fraction of sp³-hybridized carbons (Fsp3) is 0.333. The Kier molecular flexibility index (Phi) is 4.06. The van der Waals surface area contributed by atoms with E-state index in [9.17, 15) is 8.78 Å². The monoisotopic (exact) mass is 293 g/mol. The van der Waals surface area contributed by atoms with Crippen LogP contribution in [-0.2, 0) is 5.41 Å². The molecule has 0 atom stereocenters. The van der Waals surface area contributed by atoms with Crippen LogP contribution in [0.2, 0.25) is 0 Å². The smallest absolute Gasteiger partial charge is 0.224 e. The molecule has 0 aliphatic rings. The molecule has 4 nitrogen and oxygen atoms in total. The quantitative estimate of drug-likeness (QED) is 0.932. The van der Waals surface area contributed by atoms with Crippen molar-refractivity contribution < 1.29 is 13.5 Å². The van der Waals surface area contributed by atoms with Crippen LogP contribution in [0.15, 0.2) is 24.3 Å². The summed E-state index contributed by atoms with van der Waals surface area (Å²) < 4.78 is 31.6. The second kappa shape index (κ2) is 5.63. The van der Waals surface area contributed by atoms with Crippen molar-refractivity contribution in [3.05, 3.63) is 41.7 Å². The summed E-state index contributed by atoms with van der Waals surface area (Å²) >= 11 is 0.